The number of amides is 1. The van der Waals surface area contributed by atoms with E-state index in [4.69, 9.17) is 0 Å². The van der Waals surface area contributed by atoms with Crippen molar-refractivity contribution in [3.05, 3.63) is 65.7 Å². The van der Waals surface area contributed by atoms with Crippen LogP contribution >= 0.6 is 0 Å². The van der Waals surface area contributed by atoms with E-state index in [0.717, 1.165) is 10.9 Å². The summed E-state index contributed by atoms with van der Waals surface area (Å²) in [6.07, 6.45) is 5.10. The molecule has 0 aliphatic carbocycles. The van der Waals surface area contributed by atoms with Gasteiger partial charge in [0.15, 0.2) is 5.65 Å². The Morgan fingerprint density at radius 1 is 1.19 bits per heavy atom. The van der Waals surface area contributed by atoms with E-state index in [1.807, 2.05) is 37.3 Å². The zero-order valence-electron chi connectivity index (χ0n) is 11.6. The Morgan fingerprint density at radius 3 is 2.81 bits per heavy atom. The summed E-state index contributed by atoms with van der Waals surface area (Å²) < 4.78 is 0. The third-order valence-corrected chi connectivity index (χ3v) is 3.23. The highest BCUT2D eigenvalue weighted by Gasteiger charge is 2.11. The maximum Gasteiger partial charge on any atom is 0.253 e. The van der Waals surface area contributed by atoms with Gasteiger partial charge in [-0.15, -0.1) is 0 Å². The van der Waals surface area contributed by atoms with Crippen LogP contribution in [0.1, 0.15) is 21.6 Å². The first kappa shape index (κ1) is 13.2. The van der Waals surface area contributed by atoms with Crippen molar-refractivity contribution in [3.63, 3.8) is 0 Å². The molecule has 104 valence electrons. The second-order valence-electron chi connectivity index (χ2n) is 4.71. The van der Waals surface area contributed by atoms with Crippen molar-refractivity contribution < 1.29 is 4.79 Å². The summed E-state index contributed by atoms with van der Waals surface area (Å²) in [6, 6.07) is 9.30. The summed E-state index contributed by atoms with van der Waals surface area (Å²) in [7, 11) is 0. The van der Waals surface area contributed by atoms with Gasteiger partial charge in [-0.25, -0.2) is 9.97 Å². The fourth-order valence-electron chi connectivity index (χ4n) is 2.10. The monoisotopic (exact) mass is 278 g/mol. The Kier molecular flexibility index (Phi) is 3.55. The Bertz CT molecular complexity index is 787. The SMILES string of the molecule is Cc1nc2ncccc2cc1C(=O)NCc1ccncc1. The van der Waals surface area contributed by atoms with Crippen molar-refractivity contribution >= 4 is 16.9 Å². The first-order valence-corrected chi connectivity index (χ1v) is 6.63. The van der Waals surface area contributed by atoms with E-state index in [1.165, 1.54) is 0 Å². The van der Waals surface area contributed by atoms with Gasteiger partial charge in [-0.1, -0.05) is 0 Å². The van der Waals surface area contributed by atoms with Crippen molar-refractivity contribution in [2.24, 2.45) is 0 Å². The molecule has 0 aromatic carbocycles. The summed E-state index contributed by atoms with van der Waals surface area (Å²) >= 11 is 0. The van der Waals surface area contributed by atoms with Crippen LogP contribution in [-0.2, 0) is 6.54 Å². The minimum atomic E-state index is -0.137. The first-order chi connectivity index (χ1) is 10.2. The molecule has 1 amide bonds. The molecule has 3 heterocycles. The molecular weight excluding hydrogens is 264 g/mol. The van der Waals surface area contributed by atoms with Crippen molar-refractivity contribution in [2.75, 3.05) is 0 Å². The highest BCUT2D eigenvalue weighted by Crippen LogP contribution is 2.14. The van der Waals surface area contributed by atoms with Gasteiger partial charge in [0.25, 0.3) is 5.91 Å². The lowest BCUT2D eigenvalue weighted by atomic mass is 10.1. The molecule has 1 N–H and O–H groups in total. The van der Waals surface area contributed by atoms with Gasteiger partial charge < -0.3 is 5.32 Å². The van der Waals surface area contributed by atoms with Gasteiger partial charge >= 0.3 is 0 Å². The van der Waals surface area contributed by atoms with Gasteiger partial charge in [-0.3, -0.25) is 9.78 Å². The fourth-order valence-corrected chi connectivity index (χ4v) is 2.10. The van der Waals surface area contributed by atoms with Gasteiger partial charge in [0.2, 0.25) is 0 Å². The van der Waals surface area contributed by atoms with Gasteiger partial charge in [0, 0.05) is 30.5 Å². The molecule has 0 saturated heterocycles. The second-order valence-corrected chi connectivity index (χ2v) is 4.71. The van der Waals surface area contributed by atoms with E-state index in [0.29, 0.717) is 23.4 Å². The highest BCUT2D eigenvalue weighted by atomic mass is 16.1. The quantitative estimate of drug-likeness (QED) is 0.798. The third-order valence-electron chi connectivity index (χ3n) is 3.23. The fraction of sp³-hybridized carbons (Fsp3) is 0.125. The molecule has 3 aromatic heterocycles. The van der Waals surface area contributed by atoms with Gasteiger partial charge in [0.05, 0.1) is 11.3 Å². The van der Waals surface area contributed by atoms with E-state index < -0.39 is 0 Å². The first-order valence-electron chi connectivity index (χ1n) is 6.63. The standard InChI is InChI=1S/C16H14N4O/c1-11-14(9-13-3-2-6-18-15(13)20-11)16(21)19-10-12-4-7-17-8-5-12/h2-9H,10H2,1H3,(H,19,21). The number of rotatable bonds is 3. The largest absolute Gasteiger partial charge is 0.348 e. The maximum atomic E-state index is 12.3. The van der Waals surface area contributed by atoms with Crippen molar-refractivity contribution in [1.82, 2.24) is 20.3 Å². The Morgan fingerprint density at radius 2 is 2.00 bits per heavy atom. The van der Waals surface area contributed by atoms with E-state index in [-0.39, 0.29) is 5.91 Å². The van der Waals surface area contributed by atoms with E-state index in [9.17, 15) is 4.79 Å². The van der Waals surface area contributed by atoms with Gasteiger partial charge in [0.1, 0.15) is 0 Å². The van der Waals surface area contributed by atoms with Crippen LogP contribution in [0.3, 0.4) is 0 Å². The normalized spacial score (nSPS) is 10.5. The molecule has 3 rings (SSSR count). The predicted octanol–water partition coefficient (Wildman–Crippen LogP) is 2.26. The third kappa shape index (κ3) is 2.86. The van der Waals surface area contributed by atoms with Crippen LogP contribution in [0.5, 0.6) is 0 Å². The van der Waals surface area contributed by atoms with Crippen LogP contribution in [0.2, 0.25) is 0 Å². The topological polar surface area (TPSA) is 67.8 Å². The molecule has 0 atom stereocenters. The number of pyridine rings is 3. The number of carbonyl (C=O) groups is 1. The highest BCUT2D eigenvalue weighted by molar-refractivity contribution is 5.98. The molecule has 21 heavy (non-hydrogen) atoms. The predicted molar refractivity (Wildman–Crippen MR) is 79.7 cm³/mol. The minimum absolute atomic E-state index is 0.137. The van der Waals surface area contributed by atoms with Crippen LogP contribution in [-0.4, -0.2) is 20.9 Å². The summed E-state index contributed by atoms with van der Waals surface area (Å²) in [4.78, 5) is 24.8. The van der Waals surface area contributed by atoms with Crippen LogP contribution in [0.25, 0.3) is 11.0 Å². The molecule has 0 unspecified atom stereocenters. The molecule has 0 radical (unpaired) electrons. The number of hydrogen-bond acceptors (Lipinski definition) is 4. The molecule has 0 aliphatic heterocycles. The maximum absolute atomic E-state index is 12.3. The average Bonchev–Trinajstić information content (AvgIpc) is 2.53. The Labute approximate surface area is 122 Å². The summed E-state index contributed by atoms with van der Waals surface area (Å²) in [5.74, 6) is -0.137. The van der Waals surface area contributed by atoms with E-state index in [1.54, 1.807) is 18.6 Å². The van der Waals surface area contributed by atoms with Crippen LogP contribution in [0, 0.1) is 6.92 Å². The van der Waals surface area contributed by atoms with Crippen molar-refractivity contribution in [1.29, 1.82) is 0 Å². The lowest BCUT2D eigenvalue weighted by molar-refractivity contribution is 0.0950. The molecule has 0 fully saturated rings. The minimum Gasteiger partial charge on any atom is -0.348 e. The number of nitrogens with one attached hydrogen (secondary N) is 1. The molecule has 0 aliphatic rings. The van der Waals surface area contributed by atoms with Crippen molar-refractivity contribution in [2.45, 2.75) is 13.5 Å². The second kappa shape index (κ2) is 5.66. The van der Waals surface area contributed by atoms with Gasteiger partial charge in [-0.05, 0) is 42.8 Å². The molecule has 0 bridgehead atoms. The Balaban J connectivity index is 1.82. The zero-order chi connectivity index (χ0) is 14.7. The number of fused-ring (bicyclic) bond motifs is 1. The molecule has 0 spiro atoms. The van der Waals surface area contributed by atoms with Gasteiger partial charge in [-0.2, -0.15) is 0 Å². The number of hydrogen-bond donors (Lipinski definition) is 1. The van der Waals surface area contributed by atoms with E-state index >= 15 is 0 Å². The summed E-state index contributed by atoms with van der Waals surface area (Å²) in [6.45, 7) is 2.28. The molecular formula is C16H14N4O. The van der Waals surface area contributed by atoms with Crippen LogP contribution in [0.4, 0.5) is 0 Å². The Hall–Kier alpha value is -2.82. The number of carbonyl (C=O) groups excluding carboxylic acids is 1. The molecule has 5 nitrogen and oxygen atoms in total. The summed E-state index contributed by atoms with van der Waals surface area (Å²) in [5.41, 5.74) is 2.91. The number of aromatic nitrogens is 3. The lowest BCUT2D eigenvalue weighted by Crippen LogP contribution is -2.24. The lowest BCUT2D eigenvalue weighted by Gasteiger charge is -2.08. The van der Waals surface area contributed by atoms with E-state index in [2.05, 4.69) is 20.3 Å². The number of nitrogens with zero attached hydrogens (tertiary/aromatic N) is 3. The smallest absolute Gasteiger partial charge is 0.253 e. The average molecular weight is 278 g/mol. The summed E-state index contributed by atoms with van der Waals surface area (Å²) in [5, 5.41) is 3.75. The van der Waals surface area contributed by atoms with Crippen LogP contribution < -0.4 is 5.32 Å². The molecule has 5 heteroatoms. The van der Waals surface area contributed by atoms with Crippen molar-refractivity contribution in [3.8, 4) is 0 Å². The molecule has 3 aromatic rings. The number of aryl methyl sites for hydroxylation is 1. The molecule has 0 saturated carbocycles. The van der Waals surface area contributed by atoms with Crippen LogP contribution in [0.15, 0.2) is 48.9 Å². The zero-order valence-corrected chi connectivity index (χ0v) is 11.6.